The standard InChI is InChI=1S/C16H18O6S.C7H10O3/c17-9-11-21-13-1-5-15(6-2-13)23(19,20)16-7-3-14(4-8-16)22-12-10-18;1-3-5-9-7(8)10-6-4-2/h1-8,17-18H,9-12H2;3-4H,1-2,5-6H2. The average molecular weight is 481 g/mol. The summed E-state index contributed by atoms with van der Waals surface area (Å²) in [6.45, 7) is 7.17. The predicted octanol–water partition coefficient (Wildman–Crippen LogP) is 2.77. The summed E-state index contributed by atoms with van der Waals surface area (Å²) in [4.78, 5) is 10.7. The Labute approximate surface area is 193 Å². The minimum Gasteiger partial charge on any atom is -0.491 e. The SMILES string of the molecule is C=CCOC(=O)OCC=C.O=S(=O)(c1ccc(OCCO)cc1)c1ccc(OCCO)cc1. The summed E-state index contributed by atoms with van der Waals surface area (Å²) in [6, 6.07) is 12.0. The molecule has 2 rings (SSSR count). The zero-order valence-electron chi connectivity index (χ0n) is 18.1. The molecular weight excluding hydrogens is 452 g/mol. The van der Waals surface area contributed by atoms with Gasteiger partial charge in [-0.15, -0.1) is 0 Å². The van der Waals surface area contributed by atoms with Gasteiger partial charge in [0.05, 0.1) is 23.0 Å². The van der Waals surface area contributed by atoms with Crippen LogP contribution in [0, 0.1) is 0 Å². The van der Waals surface area contributed by atoms with Gasteiger partial charge in [-0.3, -0.25) is 0 Å². The number of carbonyl (C=O) groups excluding carboxylic acids is 1. The molecule has 10 heteroatoms. The van der Waals surface area contributed by atoms with Crippen molar-refractivity contribution in [2.24, 2.45) is 0 Å². The maximum absolute atomic E-state index is 12.5. The van der Waals surface area contributed by atoms with Crippen LogP contribution >= 0.6 is 0 Å². The molecule has 0 aliphatic rings. The first kappa shape index (κ1) is 27.7. The number of sulfone groups is 1. The van der Waals surface area contributed by atoms with E-state index in [1.54, 1.807) is 24.3 Å². The fraction of sp³-hybridized carbons (Fsp3) is 0.261. The van der Waals surface area contributed by atoms with Crippen LogP contribution < -0.4 is 9.47 Å². The minimum atomic E-state index is -3.62. The van der Waals surface area contributed by atoms with Gasteiger partial charge in [0.15, 0.2) is 0 Å². The molecule has 33 heavy (non-hydrogen) atoms. The highest BCUT2D eigenvalue weighted by Gasteiger charge is 2.17. The van der Waals surface area contributed by atoms with E-state index in [2.05, 4.69) is 22.6 Å². The molecule has 0 atom stereocenters. The molecule has 0 aromatic heterocycles. The van der Waals surface area contributed by atoms with Gasteiger partial charge in [-0.1, -0.05) is 25.3 Å². The number of benzene rings is 2. The first-order valence-corrected chi connectivity index (χ1v) is 11.3. The number of rotatable bonds is 12. The van der Waals surface area contributed by atoms with E-state index < -0.39 is 16.0 Å². The molecule has 0 amide bonds. The molecule has 0 aliphatic carbocycles. The van der Waals surface area contributed by atoms with Crippen LogP contribution in [-0.4, -0.2) is 64.4 Å². The van der Waals surface area contributed by atoms with Crippen LogP contribution in [0.3, 0.4) is 0 Å². The first-order chi connectivity index (χ1) is 15.9. The lowest BCUT2D eigenvalue weighted by Crippen LogP contribution is -2.06. The van der Waals surface area contributed by atoms with Crippen molar-refractivity contribution in [3.8, 4) is 11.5 Å². The van der Waals surface area contributed by atoms with Crippen molar-refractivity contribution in [3.63, 3.8) is 0 Å². The normalized spacial score (nSPS) is 10.2. The summed E-state index contributed by atoms with van der Waals surface area (Å²) in [6.07, 6.45) is 2.24. The van der Waals surface area contributed by atoms with Crippen molar-refractivity contribution in [2.75, 3.05) is 39.6 Å². The monoisotopic (exact) mass is 480 g/mol. The van der Waals surface area contributed by atoms with Gasteiger partial charge >= 0.3 is 6.16 Å². The molecule has 0 saturated carbocycles. The molecule has 0 radical (unpaired) electrons. The van der Waals surface area contributed by atoms with Gasteiger partial charge in [0.25, 0.3) is 0 Å². The number of ether oxygens (including phenoxy) is 4. The number of carbonyl (C=O) groups is 1. The lowest BCUT2D eigenvalue weighted by molar-refractivity contribution is 0.0718. The Morgan fingerprint density at radius 2 is 1.12 bits per heavy atom. The van der Waals surface area contributed by atoms with E-state index >= 15 is 0 Å². The summed E-state index contributed by atoms with van der Waals surface area (Å²) in [5.74, 6) is 0.983. The van der Waals surface area contributed by atoms with Crippen molar-refractivity contribution in [3.05, 3.63) is 73.8 Å². The number of hydrogen-bond acceptors (Lipinski definition) is 9. The maximum Gasteiger partial charge on any atom is 0.508 e. The van der Waals surface area contributed by atoms with E-state index in [-0.39, 0.29) is 49.4 Å². The molecule has 0 aliphatic heterocycles. The molecule has 2 N–H and O–H groups in total. The van der Waals surface area contributed by atoms with Gasteiger partial charge in [-0.05, 0) is 48.5 Å². The predicted molar refractivity (Wildman–Crippen MR) is 121 cm³/mol. The largest absolute Gasteiger partial charge is 0.508 e. The Bertz CT molecular complexity index is 881. The van der Waals surface area contributed by atoms with Crippen molar-refractivity contribution < 1.29 is 42.4 Å². The summed E-state index contributed by atoms with van der Waals surface area (Å²) >= 11 is 0. The van der Waals surface area contributed by atoms with Crippen molar-refractivity contribution >= 4 is 16.0 Å². The van der Waals surface area contributed by atoms with E-state index in [0.717, 1.165) is 0 Å². The molecule has 180 valence electrons. The summed E-state index contributed by atoms with van der Waals surface area (Å²) in [5, 5.41) is 17.4. The second-order valence-electron chi connectivity index (χ2n) is 6.04. The Balaban J connectivity index is 0.000000461. The maximum atomic E-state index is 12.5. The van der Waals surface area contributed by atoms with Crippen molar-refractivity contribution in [2.45, 2.75) is 9.79 Å². The number of aliphatic hydroxyl groups is 2. The van der Waals surface area contributed by atoms with Crippen molar-refractivity contribution in [1.29, 1.82) is 0 Å². The van der Waals surface area contributed by atoms with Gasteiger partial charge < -0.3 is 29.2 Å². The number of hydrogen-bond donors (Lipinski definition) is 2. The van der Waals surface area contributed by atoms with E-state index in [1.807, 2.05) is 0 Å². The van der Waals surface area contributed by atoms with Crippen molar-refractivity contribution in [1.82, 2.24) is 0 Å². The highest BCUT2D eigenvalue weighted by molar-refractivity contribution is 7.91. The summed E-state index contributed by atoms with van der Waals surface area (Å²) < 4.78 is 44.4. The van der Waals surface area contributed by atoms with Crippen LogP contribution in [0.5, 0.6) is 11.5 Å². The third kappa shape index (κ3) is 10.2. The average Bonchev–Trinajstić information content (AvgIpc) is 2.84. The van der Waals surface area contributed by atoms with Crippen LogP contribution in [0.2, 0.25) is 0 Å². The van der Waals surface area contributed by atoms with Crippen LogP contribution in [0.1, 0.15) is 0 Å². The lowest BCUT2D eigenvalue weighted by atomic mass is 10.3. The number of aliphatic hydroxyl groups excluding tert-OH is 2. The molecule has 0 bridgehead atoms. The Hall–Kier alpha value is -3.34. The highest BCUT2D eigenvalue weighted by atomic mass is 32.2. The topological polar surface area (TPSA) is 129 Å². The highest BCUT2D eigenvalue weighted by Crippen LogP contribution is 2.24. The second kappa shape index (κ2) is 15.5. The summed E-state index contributed by atoms with van der Waals surface area (Å²) in [5.41, 5.74) is 0. The molecule has 2 aromatic rings. The third-order valence-corrected chi connectivity index (χ3v) is 5.41. The molecule has 0 unspecified atom stereocenters. The molecule has 0 spiro atoms. The van der Waals surface area contributed by atoms with Gasteiger partial charge in [0.1, 0.15) is 37.9 Å². The third-order valence-electron chi connectivity index (χ3n) is 3.63. The van der Waals surface area contributed by atoms with E-state index in [9.17, 15) is 13.2 Å². The van der Waals surface area contributed by atoms with Gasteiger partial charge in [-0.25, -0.2) is 13.2 Å². The zero-order valence-corrected chi connectivity index (χ0v) is 18.9. The first-order valence-electron chi connectivity index (χ1n) is 9.83. The Kier molecular flexibility index (Phi) is 13.0. The minimum absolute atomic E-state index is 0.106. The van der Waals surface area contributed by atoms with Crippen LogP contribution in [0.25, 0.3) is 0 Å². The molecule has 9 nitrogen and oxygen atoms in total. The van der Waals surface area contributed by atoms with Gasteiger partial charge in [-0.2, -0.15) is 0 Å². The Morgan fingerprint density at radius 1 is 0.758 bits per heavy atom. The smallest absolute Gasteiger partial charge is 0.491 e. The quantitative estimate of drug-likeness (QED) is 0.348. The molecule has 0 fully saturated rings. The second-order valence-corrected chi connectivity index (χ2v) is 7.99. The van der Waals surface area contributed by atoms with Crippen LogP contribution in [-0.2, 0) is 19.3 Å². The van der Waals surface area contributed by atoms with Crippen LogP contribution in [0.15, 0.2) is 83.6 Å². The van der Waals surface area contributed by atoms with Gasteiger partial charge in [0.2, 0.25) is 9.84 Å². The summed E-state index contributed by atoms with van der Waals surface area (Å²) in [7, 11) is -3.62. The Morgan fingerprint density at radius 3 is 1.42 bits per heavy atom. The zero-order chi connectivity index (χ0) is 24.5. The molecule has 0 heterocycles. The fourth-order valence-corrected chi connectivity index (χ4v) is 3.45. The fourth-order valence-electron chi connectivity index (χ4n) is 2.19. The van der Waals surface area contributed by atoms with E-state index in [4.69, 9.17) is 19.7 Å². The van der Waals surface area contributed by atoms with E-state index in [1.165, 1.54) is 36.4 Å². The molecule has 0 saturated heterocycles. The van der Waals surface area contributed by atoms with Crippen LogP contribution in [0.4, 0.5) is 4.79 Å². The van der Waals surface area contributed by atoms with E-state index in [0.29, 0.717) is 11.5 Å². The molecule has 2 aromatic carbocycles. The van der Waals surface area contributed by atoms with Gasteiger partial charge in [0, 0.05) is 0 Å². The molecular formula is C23H28O9S. The lowest BCUT2D eigenvalue weighted by Gasteiger charge is -2.08.